The zero-order valence-corrected chi connectivity index (χ0v) is 17.3. The summed E-state index contributed by atoms with van der Waals surface area (Å²) in [6.07, 6.45) is -5.63. The predicted molar refractivity (Wildman–Crippen MR) is 106 cm³/mol. The molecule has 2 atom stereocenters. The number of carbonyl (C=O) groups excluding carboxylic acids is 1. The van der Waals surface area contributed by atoms with E-state index >= 15 is 0 Å². The molecule has 0 aromatic heterocycles. The highest BCUT2D eigenvalue weighted by atomic mass is 19.4. The van der Waals surface area contributed by atoms with E-state index in [2.05, 4.69) is 10.1 Å². The van der Waals surface area contributed by atoms with Gasteiger partial charge in [0.15, 0.2) is 0 Å². The third kappa shape index (κ3) is 7.60. The number of carboxylic acid groups (broad SMARTS) is 1. The lowest BCUT2D eigenvalue weighted by atomic mass is 10.0. The van der Waals surface area contributed by atoms with Gasteiger partial charge in [-0.1, -0.05) is 38.1 Å². The topological polar surface area (TPSA) is 84.9 Å². The van der Waals surface area contributed by atoms with E-state index in [9.17, 15) is 22.8 Å². The Kier molecular flexibility index (Phi) is 8.04. The smallest absolute Gasteiger partial charge is 0.478 e. The Morgan fingerprint density at radius 1 is 1.06 bits per heavy atom. The molecule has 0 spiro atoms. The third-order valence-corrected chi connectivity index (χ3v) is 4.44. The fourth-order valence-corrected chi connectivity index (χ4v) is 2.88. The van der Waals surface area contributed by atoms with E-state index in [1.54, 1.807) is 39.0 Å². The van der Waals surface area contributed by atoms with Crippen LogP contribution in [0.3, 0.4) is 0 Å². The minimum atomic E-state index is -4.79. The van der Waals surface area contributed by atoms with Gasteiger partial charge in [-0.3, -0.25) is 4.79 Å². The zero-order chi connectivity index (χ0) is 23.2. The number of carbonyl (C=O) groups is 2. The maximum Gasteiger partial charge on any atom is 0.573 e. The number of carboxylic acids is 1. The van der Waals surface area contributed by atoms with Crippen molar-refractivity contribution in [3.05, 3.63) is 65.2 Å². The first kappa shape index (κ1) is 24.2. The van der Waals surface area contributed by atoms with Crippen LogP contribution in [0.1, 0.15) is 48.3 Å². The molecule has 0 aliphatic heterocycles. The maximum atomic E-state index is 12.7. The second kappa shape index (κ2) is 10.3. The molecule has 0 aliphatic carbocycles. The van der Waals surface area contributed by atoms with Crippen molar-refractivity contribution in [1.82, 2.24) is 5.32 Å². The average molecular weight is 439 g/mol. The van der Waals surface area contributed by atoms with E-state index in [4.69, 9.17) is 9.84 Å². The molecular weight excluding hydrogens is 415 g/mol. The SMILES string of the molecule is CC(NC(=O)C(OCc1cccc(OC(F)(F)F)c1)C(C)C)c1ccc(C(=O)O)cc1. The highest BCUT2D eigenvalue weighted by Crippen LogP contribution is 2.24. The maximum absolute atomic E-state index is 12.7. The van der Waals surface area contributed by atoms with Crippen LogP contribution < -0.4 is 10.1 Å². The second-order valence-electron chi connectivity index (χ2n) is 7.33. The second-order valence-corrected chi connectivity index (χ2v) is 7.33. The molecule has 0 saturated carbocycles. The first-order valence-electron chi connectivity index (χ1n) is 9.56. The molecule has 1 amide bonds. The van der Waals surface area contributed by atoms with Crippen molar-refractivity contribution in [3.63, 3.8) is 0 Å². The minimum Gasteiger partial charge on any atom is -0.478 e. The van der Waals surface area contributed by atoms with Crippen LogP contribution in [0, 0.1) is 5.92 Å². The summed E-state index contributed by atoms with van der Waals surface area (Å²) < 4.78 is 46.8. The Hall–Kier alpha value is -3.07. The van der Waals surface area contributed by atoms with Crippen molar-refractivity contribution >= 4 is 11.9 Å². The van der Waals surface area contributed by atoms with Crippen LogP contribution in [0.4, 0.5) is 13.2 Å². The highest BCUT2D eigenvalue weighted by molar-refractivity contribution is 5.87. The van der Waals surface area contributed by atoms with Crippen LogP contribution >= 0.6 is 0 Å². The molecule has 9 heteroatoms. The molecule has 0 bridgehead atoms. The lowest BCUT2D eigenvalue weighted by molar-refractivity contribution is -0.274. The van der Waals surface area contributed by atoms with E-state index in [0.717, 1.165) is 5.56 Å². The normalized spacial score (nSPS) is 13.5. The van der Waals surface area contributed by atoms with Gasteiger partial charge in [-0.2, -0.15) is 0 Å². The third-order valence-electron chi connectivity index (χ3n) is 4.44. The number of ether oxygens (including phenoxy) is 2. The number of aromatic carboxylic acids is 1. The number of rotatable bonds is 9. The first-order chi connectivity index (χ1) is 14.5. The number of benzene rings is 2. The van der Waals surface area contributed by atoms with Gasteiger partial charge in [-0.05, 0) is 48.2 Å². The van der Waals surface area contributed by atoms with E-state index < -0.39 is 24.5 Å². The molecule has 2 rings (SSSR count). The van der Waals surface area contributed by atoms with Crippen LogP contribution in [0.2, 0.25) is 0 Å². The Morgan fingerprint density at radius 2 is 1.71 bits per heavy atom. The van der Waals surface area contributed by atoms with Gasteiger partial charge >= 0.3 is 12.3 Å². The van der Waals surface area contributed by atoms with Crippen molar-refractivity contribution in [2.75, 3.05) is 0 Å². The lowest BCUT2D eigenvalue weighted by Crippen LogP contribution is -2.40. The predicted octanol–water partition coefficient (Wildman–Crippen LogP) is 4.70. The molecule has 0 aliphatic rings. The molecule has 168 valence electrons. The summed E-state index contributed by atoms with van der Waals surface area (Å²) in [4.78, 5) is 23.7. The monoisotopic (exact) mass is 439 g/mol. The van der Waals surface area contributed by atoms with Gasteiger partial charge in [-0.25, -0.2) is 4.79 Å². The molecule has 0 saturated heterocycles. The summed E-state index contributed by atoms with van der Waals surface area (Å²) in [7, 11) is 0. The van der Waals surface area contributed by atoms with Crippen LogP contribution in [0.25, 0.3) is 0 Å². The quantitative estimate of drug-likeness (QED) is 0.592. The van der Waals surface area contributed by atoms with Crippen LogP contribution in [-0.4, -0.2) is 29.4 Å². The Bertz CT molecular complexity index is 897. The van der Waals surface area contributed by atoms with E-state index in [-0.39, 0.29) is 29.7 Å². The number of halogens is 3. The number of alkyl halides is 3. The number of hydrogen-bond donors (Lipinski definition) is 2. The molecule has 2 aromatic rings. The van der Waals surface area contributed by atoms with Crippen LogP contribution in [0.15, 0.2) is 48.5 Å². The van der Waals surface area contributed by atoms with Gasteiger partial charge in [0.1, 0.15) is 11.9 Å². The van der Waals surface area contributed by atoms with Crippen molar-refractivity contribution in [1.29, 1.82) is 0 Å². The first-order valence-corrected chi connectivity index (χ1v) is 9.56. The van der Waals surface area contributed by atoms with Crippen molar-refractivity contribution in [2.24, 2.45) is 5.92 Å². The van der Waals surface area contributed by atoms with Crippen molar-refractivity contribution < 1.29 is 37.3 Å². The molecular formula is C22H24F3NO5. The van der Waals surface area contributed by atoms with Gasteiger partial charge in [-0.15, -0.1) is 13.2 Å². The van der Waals surface area contributed by atoms with Crippen LogP contribution in [-0.2, 0) is 16.1 Å². The van der Waals surface area contributed by atoms with Gasteiger partial charge in [0.2, 0.25) is 5.91 Å². The molecule has 0 heterocycles. The number of amides is 1. The summed E-state index contributed by atoms with van der Waals surface area (Å²) in [6.45, 7) is 5.26. The van der Waals surface area contributed by atoms with Gasteiger partial charge < -0.3 is 19.9 Å². The molecule has 6 nitrogen and oxygen atoms in total. The zero-order valence-electron chi connectivity index (χ0n) is 17.3. The summed E-state index contributed by atoms with van der Waals surface area (Å²) in [6, 6.07) is 11.1. The van der Waals surface area contributed by atoms with E-state index in [1.165, 1.54) is 30.3 Å². The Balaban J connectivity index is 2.01. The minimum absolute atomic E-state index is 0.0764. The Labute approximate surface area is 178 Å². The molecule has 0 radical (unpaired) electrons. The summed E-state index contributed by atoms with van der Waals surface area (Å²) in [5.41, 5.74) is 1.29. The molecule has 2 N–H and O–H groups in total. The summed E-state index contributed by atoms with van der Waals surface area (Å²) >= 11 is 0. The molecule has 31 heavy (non-hydrogen) atoms. The lowest BCUT2D eigenvalue weighted by Gasteiger charge is -2.24. The van der Waals surface area contributed by atoms with Gasteiger partial charge in [0.25, 0.3) is 0 Å². The van der Waals surface area contributed by atoms with Crippen molar-refractivity contribution in [2.45, 2.75) is 45.9 Å². The van der Waals surface area contributed by atoms with Gasteiger partial charge in [0, 0.05) is 0 Å². The fraction of sp³-hybridized carbons (Fsp3) is 0.364. The van der Waals surface area contributed by atoms with E-state index in [1.807, 2.05) is 0 Å². The largest absolute Gasteiger partial charge is 0.573 e. The molecule has 2 unspecified atom stereocenters. The van der Waals surface area contributed by atoms with Crippen LogP contribution in [0.5, 0.6) is 5.75 Å². The number of nitrogens with one attached hydrogen (secondary N) is 1. The molecule has 2 aromatic carbocycles. The van der Waals surface area contributed by atoms with Gasteiger partial charge in [0.05, 0.1) is 18.2 Å². The summed E-state index contributed by atoms with van der Waals surface area (Å²) in [5, 5.41) is 11.8. The fourth-order valence-electron chi connectivity index (χ4n) is 2.88. The highest BCUT2D eigenvalue weighted by Gasteiger charge is 2.31. The van der Waals surface area contributed by atoms with Crippen molar-refractivity contribution in [3.8, 4) is 5.75 Å². The van der Waals surface area contributed by atoms with E-state index in [0.29, 0.717) is 5.56 Å². The molecule has 0 fully saturated rings. The Morgan fingerprint density at radius 3 is 2.26 bits per heavy atom. The number of hydrogen-bond acceptors (Lipinski definition) is 4. The standard InChI is InChI=1S/C22H24F3NO5/c1-13(2)19(30-12-15-5-4-6-18(11-15)31-22(23,24)25)20(27)26-14(3)16-7-9-17(10-8-16)21(28)29/h4-11,13-14,19H,12H2,1-3H3,(H,26,27)(H,28,29). The summed E-state index contributed by atoms with van der Waals surface area (Å²) in [5.74, 6) is -1.98. The average Bonchev–Trinajstić information content (AvgIpc) is 2.66.